The zero-order valence-electron chi connectivity index (χ0n) is 15.2. The van der Waals surface area contributed by atoms with E-state index in [0.717, 1.165) is 14.9 Å². The Morgan fingerprint density at radius 2 is 1.89 bits per heavy atom. The summed E-state index contributed by atoms with van der Waals surface area (Å²) in [5.41, 5.74) is 1.34. The van der Waals surface area contributed by atoms with Crippen LogP contribution in [0.4, 0.5) is 5.13 Å². The molecule has 144 valence electrons. The third kappa shape index (κ3) is 4.02. The molecule has 0 spiro atoms. The number of carbonyl (C=O) groups excluding carboxylic acids is 2. The summed E-state index contributed by atoms with van der Waals surface area (Å²) in [7, 11) is -0.599. The Labute approximate surface area is 161 Å². The summed E-state index contributed by atoms with van der Waals surface area (Å²) in [5.74, 6) is -0.342. The molecule has 2 heterocycles. The van der Waals surface area contributed by atoms with E-state index in [1.165, 1.54) is 56.6 Å². The Hall–Kier alpha value is -2.30. The summed E-state index contributed by atoms with van der Waals surface area (Å²) < 4.78 is 25.4. The molecule has 0 atom stereocenters. The van der Waals surface area contributed by atoms with Crippen LogP contribution in [0.25, 0.3) is 0 Å². The van der Waals surface area contributed by atoms with Gasteiger partial charge in [-0.2, -0.15) is 0 Å². The van der Waals surface area contributed by atoms with Crippen molar-refractivity contribution in [3.8, 4) is 0 Å². The fraction of sp³-hybridized carbons (Fsp3) is 0.353. The number of hydrogen-bond acceptors (Lipinski definition) is 6. The highest BCUT2D eigenvalue weighted by molar-refractivity contribution is 7.89. The molecule has 1 aromatic carbocycles. The molecular weight excluding hydrogens is 388 g/mol. The van der Waals surface area contributed by atoms with Gasteiger partial charge in [-0.05, 0) is 24.3 Å². The monoisotopic (exact) mass is 408 g/mol. The van der Waals surface area contributed by atoms with Crippen molar-refractivity contribution < 1.29 is 18.0 Å². The number of anilines is 1. The molecule has 0 bridgehead atoms. The van der Waals surface area contributed by atoms with E-state index in [9.17, 15) is 18.0 Å². The lowest BCUT2D eigenvalue weighted by molar-refractivity contribution is -0.114. The number of nitrogens with zero attached hydrogens (tertiary/aromatic N) is 3. The Kier molecular flexibility index (Phi) is 5.31. The highest BCUT2D eigenvalue weighted by atomic mass is 32.2. The van der Waals surface area contributed by atoms with Crippen molar-refractivity contribution in [3.05, 3.63) is 40.4 Å². The number of rotatable bonds is 4. The first-order chi connectivity index (χ1) is 12.7. The fourth-order valence-electron chi connectivity index (χ4n) is 2.74. The largest absolute Gasteiger partial charge is 0.333 e. The van der Waals surface area contributed by atoms with Gasteiger partial charge in [-0.15, -0.1) is 0 Å². The summed E-state index contributed by atoms with van der Waals surface area (Å²) in [5, 5.41) is 3.21. The van der Waals surface area contributed by atoms with Crippen LogP contribution in [0.15, 0.2) is 29.2 Å². The summed E-state index contributed by atoms with van der Waals surface area (Å²) in [6.45, 7) is 2.37. The van der Waals surface area contributed by atoms with Gasteiger partial charge >= 0.3 is 0 Å². The number of amides is 2. The van der Waals surface area contributed by atoms with Gasteiger partial charge in [0.05, 0.1) is 17.1 Å². The van der Waals surface area contributed by atoms with Crippen LogP contribution in [-0.2, 0) is 27.8 Å². The first kappa shape index (κ1) is 19.5. The number of hydrogen-bond donors (Lipinski definition) is 1. The van der Waals surface area contributed by atoms with Crippen LogP contribution in [0.1, 0.15) is 27.9 Å². The van der Waals surface area contributed by atoms with E-state index < -0.39 is 10.0 Å². The van der Waals surface area contributed by atoms with Crippen LogP contribution in [-0.4, -0.2) is 55.1 Å². The number of fused-ring (bicyclic) bond motifs is 1. The molecule has 2 aromatic rings. The maximum absolute atomic E-state index is 12.8. The first-order valence-corrected chi connectivity index (χ1v) is 10.5. The van der Waals surface area contributed by atoms with Gasteiger partial charge in [0, 0.05) is 44.4 Å². The Bertz CT molecular complexity index is 981. The quantitative estimate of drug-likeness (QED) is 0.827. The summed E-state index contributed by atoms with van der Waals surface area (Å²) in [6.07, 6.45) is 0.615. The second-order valence-electron chi connectivity index (χ2n) is 6.36. The lowest BCUT2D eigenvalue weighted by atomic mass is 10.1. The van der Waals surface area contributed by atoms with Crippen LogP contribution in [0.3, 0.4) is 0 Å². The van der Waals surface area contributed by atoms with Gasteiger partial charge in [-0.3, -0.25) is 9.59 Å². The molecule has 0 fully saturated rings. The van der Waals surface area contributed by atoms with Crippen LogP contribution >= 0.6 is 11.3 Å². The SMILES string of the molecule is CC(=O)Nc1nc2c(s1)CN(C(=O)c1ccc(S(=O)(=O)N(C)C)cc1)CC2. The number of aromatic nitrogens is 1. The maximum atomic E-state index is 12.8. The molecule has 8 nitrogen and oxygen atoms in total. The maximum Gasteiger partial charge on any atom is 0.254 e. The van der Waals surface area contributed by atoms with Gasteiger partial charge in [-0.25, -0.2) is 17.7 Å². The Balaban J connectivity index is 1.75. The molecule has 0 aliphatic carbocycles. The number of carbonyl (C=O) groups is 2. The molecular formula is C17H20N4O4S2. The number of benzene rings is 1. The van der Waals surface area contributed by atoms with Gasteiger partial charge in [0.15, 0.2) is 5.13 Å². The standard InChI is InChI=1S/C17H20N4O4S2/c1-11(22)18-17-19-14-8-9-21(10-15(14)26-17)16(23)12-4-6-13(7-5-12)27(24,25)20(2)3/h4-7H,8-10H2,1-3H3,(H,18,19,22). The van der Waals surface area contributed by atoms with E-state index in [-0.39, 0.29) is 16.7 Å². The van der Waals surface area contributed by atoms with Crippen molar-refractivity contribution in [1.29, 1.82) is 0 Å². The third-order valence-electron chi connectivity index (χ3n) is 4.18. The van der Waals surface area contributed by atoms with Crippen molar-refractivity contribution in [2.24, 2.45) is 0 Å². The lowest BCUT2D eigenvalue weighted by Crippen LogP contribution is -2.35. The second-order valence-corrected chi connectivity index (χ2v) is 9.59. The highest BCUT2D eigenvalue weighted by Gasteiger charge is 2.26. The third-order valence-corrected chi connectivity index (χ3v) is 7.01. The zero-order valence-corrected chi connectivity index (χ0v) is 16.9. The van der Waals surface area contributed by atoms with Crippen LogP contribution < -0.4 is 5.32 Å². The number of thiazole rings is 1. The van der Waals surface area contributed by atoms with Gasteiger partial charge in [0.25, 0.3) is 5.91 Å². The summed E-state index contributed by atoms with van der Waals surface area (Å²) >= 11 is 1.37. The van der Waals surface area contributed by atoms with Crippen molar-refractivity contribution in [3.63, 3.8) is 0 Å². The van der Waals surface area contributed by atoms with E-state index in [4.69, 9.17) is 0 Å². The minimum atomic E-state index is -3.52. The van der Waals surface area contributed by atoms with Gasteiger partial charge in [0.1, 0.15) is 0 Å². The van der Waals surface area contributed by atoms with E-state index in [1.54, 1.807) is 4.90 Å². The molecule has 2 amide bonds. The van der Waals surface area contributed by atoms with Crippen LogP contribution in [0, 0.1) is 0 Å². The average Bonchev–Trinajstić information content (AvgIpc) is 3.01. The molecule has 1 aromatic heterocycles. The molecule has 10 heteroatoms. The van der Waals surface area contributed by atoms with E-state index in [0.29, 0.717) is 30.2 Å². The van der Waals surface area contributed by atoms with Crippen molar-refractivity contribution in [2.45, 2.75) is 24.8 Å². The average molecular weight is 409 g/mol. The highest BCUT2D eigenvalue weighted by Crippen LogP contribution is 2.29. The molecule has 0 radical (unpaired) electrons. The van der Waals surface area contributed by atoms with Crippen molar-refractivity contribution >= 4 is 38.3 Å². The minimum Gasteiger partial charge on any atom is -0.333 e. The molecule has 1 N–H and O–H groups in total. The van der Waals surface area contributed by atoms with Crippen LogP contribution in [0.5, 0.6) is 0 Å². The van der Waals surface area contributed by atoms with Gasteiger partial charge in [-0.1, -0.05) is 11.3 Å². The molecule has 1 aliphatic heterocycles. The molecule has 0 saturated carbocycles. The number of nitrogens with one attached hydrogen (secondary N) is 1. The predicted molar refractivity (Wildman–Crippen MR) is 102 cm³/mol. The molecule has 1 aliphatic rings. The first-order valence-electron chi connectivity index (χ1n) is 8.26. The number of sulfonamides is 1. The van der Waals surface area contributed by atoms with E-state index in [1.807, 2.05) is 0 Å². The smallest absolute Gasteiger partial charge is 0.254 e. The summed E-state index contributed by atoms with van der Waals surface area (Å²) in [6, 6.07) is 5.95. The zero-order chi connectivity index (χ0) is 19.8. The summed E-state index contributed by atoms with van der Waals surface area (Å²) in [4.78, 5) is 31.1. The van der Waals surface area contributed by atoms with Crippen molar-refractivity contribution in [2.75, 3.05) is 26.0 Å². The van der Waals surface area contributed by atoms with E-state index >= 15 is 0 Å². The predicted octanol–water partition coefficient (Wildman–Crippen LogP) is 1.55. The topological polar surface area (TPSA) is 99.7 Å². The molecule has 3 rings (SSSR count). The minimum absolute atomic E-state index is 0.146. The molecule has 0 unspecified atom stereocenters. The lowest BCUT2D eigenvalue weighted by Gasteiger charge is -2.26. The van der Waals surface area contributed by atoms with Gasteiger partial charge < -0.3 is 10.2 Å². The molecule has 0 saturated heterocycles. The van der Waals surface area contributed by atoms with E-state index in [2.05, 4.69) is 10.3 Å². The normalized spacial score (nSPS) is 14.1. The van der Waals surface area contributed by atoms with Crippen molar-refractivity contribution in [1.82, 2.24) is 14.2 Å². The van der Waals surface area contributed by atoms with Crippen LogP contribution in [0.2, 0.25) is 0 Å². The molecule has 27 heavy (non-hydrogen) atoms. The fourth-order valence-corrected chi connectivity index (χ4v) is 4.71. The Morgan fingerprint density at radius 3 is 2.48 bits per heavy atom. The second kappa shape index (κ2) is 7.37. The Morgan fingerprint density at radius 1 is 1.22 bits per heavy atom. The van der Waals surface area contributed by atoms with Gasteiger partial charge in [0.2, 0.25) is 15.9 Å².